The summed E-state index contributed by atoms with van der Waals surface area (Å²) in [4.78, 5) is -0.426. The highest BCUT2D eigenvalue weighted by Crippen LogP contribution is 2.28. The molecule has 0 spiro atoms. The number of rotatable bonds is 4. The van der Waals surface area contributed by atoms with Crippen LogP contribution in [-0.2, 0) is 14.8 Å². The summed E-state index contributed by atoms with van der Waals surface area (Å²) in [5.41, 5.74) is 5.77. The molecule has 1 aliphatic heterocycles. The van der Waals surface area contributed by atoms with Crippen molar-refractivity contribution in [2.75, 3.05) is 25.9 Å². The summed E-state index contributed by atoms with van der Waals surface area (Å²) in [7, 11) is -2.52. The van der Waals surface area contributed by atoms with E-state index in [0.29, 0.717) is 6.61 Å². The average molecular weight is 367 g/mol. The fraction of sp³-hybridized carbons (Fsp3) is 0.500. The molecule has 1 heterocycles. The Kier molecular flexibility index (Phi) is 4.68. The van der Waals surface area contributed by atoms with E-state index in [0.717, 1.165) is 23.2 Å². The molecule has 1 aromatic rings. The Balaban J connectivity index is 2.29. The van der Waals surface area contributed by atoms with Crippen LogP contribution >= 0.6 is 15.9 Å². The summed E-state index contributed by atoms with van der Waals surface area (Å²) in [5.74, 6) is -0.835. The van der Waals surface area contributed by atoms with Gasteiger partial charge in [-0.25, -0.2) is 12.8 Å². The topological polar surface area (TPSA) is 72.6 Å². The van der Waals surface area contributed by atoms with E-state index < -0.39 is 20.7 Å². The lowest BCUT2D eigenvalue weighted by molar-refractivity contribution is 0.0978. The largest absolute Gasteiger partial charge is 0.399 e. The van der Waals surface area contributed by atoms with Crippen LogP contribution in [0.5, 0.6) is 0 Å². The third-order valence-corrected chi connectivity index (χ3v) is 5.59. The lowest BCUT2D eigenvalue weighted by Crippen LogP contribution is -2.34. The summed E-state index contributed by atoms with van der Waals surface area (Å²) in [6.07, 6.45) is 1.59. The molecule has 8 heteroatoms. The van der Waals surface area contributed by atoms with Gasteiger partial charge in [0, 0.05) is 25.9 Å². The van der Waals surface area contributed by atoms with E-state index in [1.54, 1.807) is 0 Å². The van der Waals surface area contributed by atoms with E-state index >= 15 is 0 Å². The zero-order valence-corrected chi connectivity index (χ0v) is 13.4. The summed E-state index contributed by atoms with van der Waals surface area (Å²) in [6, 6.07) is 2.45. The van der Waals surface area contributed by atoms with E-state index in [4.69, 9.17) is 10.5 Å². The summed E-state index contributed by atoms with van der Waals surface area (Å²) in [6.45, 7) is 0.838. The molecule has 1 aromatic carbocycles. The van der Waals surface area contributed by atoms with Gasteiger partial charge in [0.25, 0.3) is 0 Å². The monoisotopic (exact) mass is 366 g/mol. The molecule has 0 radical (unpaired) electrons. The molecule has 1 atom stereocenters. The highest BCUT2D eigenvalue weighted by atomic mass is 79.9. The Morgan fingerprint density at radius 2 is 2.25 bits per heavy atom. The SMILES string of the molecule is CN(CC1CCCO1)S(=O)(=O)c1cc(N)cc(Br)c1F. The van der Waals surface area contributed by atoms with Crippen molar-refractivity contribution in [3.8, 4) is 0 Å². The van der Waals surface area contributed by atoms with Gasteiger partial charge in [0.15, 0.2) is 5.82 Å². The predicted octanol–water partition coefficient (Wildman–Crippen LogP) is 1.97. The first-order valence-electron chi connectivity index (χ1n) is 6.15. The van der Waals surface area contributed by atoms with Crippen molar-refractivity contribution in [2.24, 2.45) is 0 Å². The average Bonchev–Trinajstić information content (AvgIpc) is 2.86. The van der Waals surface area contributed by atoms with Gasteiger partial charge in [0.2, 0.25) is 10.0 Å². The lowest BCUT2D eigenvalue weighted by atomic mass is 10.2. The van der Waals surface area contributed by atoms with E-state index in [-0.39, 0.29) is 22.8 Å². The molecule has 1 unspecified atom stereocenters. The molecule has 5 nitrogen and oxygen atoms in total. The Morgan fingerprint density at radius 1 is 1.55 bits per heavy atom. The zero-order chi connectivity index (χ0) is 14.9. The highest BCUT2D eigenvalue weighted by molar-refractivity contribution is 9.10. The molecule has 0 aromatic heterocycles. The molecule has 2 rings (SSSR count). The second-order valence-corrected chi connectivity index (χ2v) is 7.60. The predicted molar refractivity (Wildman–Crippen MR) is 77.3 cm³/mol. The first-order chi connectivity index (χ1) is 9.32. The van der Waals surface area contributed by atoms with Gasteiger partial charge in [-0.1, -0.05) is 0 Å². The number of ether oxygens (including phenoxy) is 1. The van der Waals surface area contributed by atoms with Gasteiger partial charge >= 0.3 is 0 Å². The quantitative estimate of drug-likeness (QED) is 0.826. The van der Waals surface area contributed by atoms with E-state index in [2.05, 4.69) is 15.9 Å². The number of nitrogens with zero attached hydrogens (tertiary/aromatic N) is 1. The number of benzene rings is 1. The molecule has 0 amide bonds. The van der Waals surface area contributed by atoms with Crippen LogP contribution in [0.1, 0.15) is 12.8 Å². The van der Waals surface area contributed by atoms with Crippen LogP contribution < -0.4 is 5.73 Å². The Labute approximate surface area is 126 Å². The molecule has 1 aliphatic rings. The fourth-order valence-electron chi connectivity index (χ4n) is 2.11. The maximum atomic E-state index is 14.0. The Hall–Kier alpha value is -0.700. The van der Waals surface area contributed by atoms with Gasteiger partial charge in [0.1, 0.15) is 4.90 Å². The molecule has 1 fully saturated rings. The first kappa shape index (κ1) is 15.7. The Morgan fingerprint density at radius 3 is 2.85 bits per heavy atom. The number of likely N-dealkylation sites (N-methyl/N-ethyl adjacent to an activating group) is 1. The minimum absolute atomic E-state index is 0.0293. The van der Waals surface area contributed by atoms with E-state index in [1.807, 2.05) is 0 Å². The van der Waals surface area contributed by atoms with E-state index in [9.17, 15) is 12.8 Å². The van der Waals surface area contributed by atoms with E-state index in [1.165, 1.54) is 13.1 Å². The summed E-state index contributed by atoms with van der Waals surface area (Å²) in [5, 5.41) is 0. The fourth-order valence-corrected chi connectivity index (χ4v) is 4.04. The number of sulfonamides is 1. The minimum atomic E-state index is -3.93. The molecule has 20 heavy (non-hydrogen) atoms. The van der Waals surface area contributed by atoms with Crippen LogP contribution in [0.2, 0.25) is 0 Å². The van der Waals surface area contributed by atoms with Gasteiger partial charge in [-0.15, -0.1) is 0 Å². The molecular formula is C12H16BrFN2O3S. The van der Waals surface area contributed by atoms with Crippen molar-refractivity contribution >= 4 is 31.6 Å². The van der Waals surface area contributed by atoms with Gasteiger partial charge in [-0.2, -0.15) is 4.31 Å². The van der Waals surface area contributed by atoms with Crippen LogP contribution in [0.4, 0.5) is 10.1 Å². The number of nitrogen functional groups attached to an aromatic ring is 1. The van der Waals surface area contributed by atoms with Gasteiger partial charge in [-0.05, 0) is 40.9 Å². The van der Waals surface area contributed by atoms with Crippen molar-refractivity contribution in [3.05, 3.63) is 22.4 Å². The van der Waals surface area contributed by atoms with Crippen molar-refractivity contribution in [1.82, 2.24) is 4.31 Å². The highest BCUT2D eigenvalue weighted by Gasteiger charge is 2.29. The van der Waals surface area contributed by atoms with Crippen LogP contribution in [0.3, 0.4) is 0 Å². The second-order valence-electron chi connectivity index (χ2n) is 4.74. The number of anilines is 1. The summed E-state index contributed by atoms with van der Waals surface area (Å²) < 4.78 is 45.3. The van der Waals surface area contributed by atoms with Crippen LogP contribution in [0.15, 0.2) is 21.5 Å². The third-order valence-electron chi connectivity index (χ3n) is 3.19. The molecule has 0 bridgehead atoms. The van der Waals surface area contributed by atoms with Gasteiger partial charge < -0.3 is 10.5 Å². The number of hydrogen-bond acceptors (Lipinski definition) is 4. The van der Waals surface area contributed by atoms with Gasteiger partial charge in [0.05, 0.1) is 10.6 Å². The van der Waals surface area contributed by atoms with Crippen LogP contribution in [0, 0.1) is 5.82 Å². The number of hydrogen-bond donors (Lipinski definition) is 1. The zero-order valence-electron chi connectivity index (χ0n) is 11.0. The smallest absolute Gasteiger partial charge is 0.245 e. The van der Waals surface area contributed by atoms with Crippen molar-refractivity contribution in [1.29, 1.82) is 0 Å². The van der Waals surface area contributed by atoms with Crippen LogP contribution in [-0.4, -0.2) is 39.0 Å². The van der Waals surface area contributed by atoms with Crippen molar-refractivity contribution < 1.29 is 17.5 Å². The normalized spacial score (nSPS) is 19.7. The molecule has 112 valence electrons. The molecule has 2 N–H and O–H groups in total. The molecule has 0 saturated carbocycles. The molecular weight excluding hydrogens is 351 g/mol. The van der Waals surface area contributed by atoms with Gasteiger partial charge in [-0.3, -0.25) is 0 Å². The second kappa shape index (κ2) is 5.97. The Bertz CT molecular complexity index is 603. The third kappa shape index (κ3) is 3.13. The van der Waals surface area contributed by atoms with Crippen molar-refractivity contribution in [3.63, 3.8) is 0 Å². The summed E-state index contributed by atoms with van der Waals surface area (Å²) >= 11 is 2.96. The van der Waals surface area contributed by atoms with Crippen LogP contribution in [0.25, 0.3) is 0 Å². The molecule has 0 aliphatic carbocycles. The first-order valence-corrected chi connectivity index (χ1v) is 8.38. The standard InChI is InChI=1S/C12H16BrFN2O3S/c1-16(7-9-3-2-4-19-9)20(17,18)11-6-8(15)5-10(13)12(11)14/h5-6,9H,2-4,7,15H2,1H3. The number of halogens is 2. The molecule has 1 saturated heterocycles. The minimum Gasteiger partial charge on any atom is -0.399 e. The maximum absolute atomic E-state index is 14.0. The number of nitrogens with two attached hydrogens (primary N) is 1. The van der Waals surface area contributed by atoms with Crippen molar-refractivity contribution in [2.45, 2.75) is 23.8 Å². The lowest BCUT2D eigenvalue weighted by Gasteiger charge is -2.21. The maximum Gasteiger partial charge on any atom is 0.245 e.